The van der Waals surface area contributed by atoms with Crippen molar-refractivity contribution in [3.8, 4) is 17.2 Å². The van der Waals surface area contributed by atoms with Crippen molar-refractivity contribution >= 4 is 7.32 Å². The third-order valence-corrected chi connectivity index (χ3v) is 8.87. The Hall–Kier alpha value is -2.92. The molecule has 0 saturated heterocycles. The van der Waals surface area contributed by atoms with E-state index in [1.54, 1.807) is 0 Å². The second-order valence-electron chi connectivity index (χ2n) is 13.1. The standard InChI is InChI=1S/C24H52N.C18H15BO3/c1-5-9-13-17-21-25(22-18-14-10-6-2,23-19-15-11-7-3)24-20-16-12-8-4;1-4-10-16(11-5-1)20-19(21-17-12-6-2-7-13-17)22-18-14-8-3-9-15-18/h5-24H2,1-4H3;1-15H/q+1;. The summed E-state index contributed by atoms with van der Waals surface area (Å²) >= 11 is 0. The molecule has 0 N–H and O–H groups in total. The van der Waals surface area contributed by atoms with Crippen molar-refractivity contribution < 1.29 is 18.4 Å². The fourth-order valence-electron chi connectivity index (χ4n) is 6.07. The van der Waals surface area contributed by atoms with Gasteiger partial charge in [-0.1, -0.05) is 134 Å². The SMILES string of the molecule is CCCCCC[N+](CCCCCC)(CCCCCC)CCCCCC.c1ccc(OB(Oc2ccccc2)Oc2ccccc2)cc1. The number of hydrogen-bond acceptors (Lipinski definition) is 3. The highest BCUT2D eigenvalue weighted by Gasteiger charge is 2.30. The quantitative estimate of drug-likeness (QED) is 0.0494. The molecule has 0 aromatic heterocycles. The predicted molar refractivity (Wildman–Crippen MR) is 203 cm³/mol. The lowest BCUT2D eigenvalue weighted by atomic mass is 10.1. The largest absolute Gasteiger partial charge is 0.864 e. The lowest BCUT2D eigenvalue weighted by molar-refractivity contribution is -0.929. The van der Waals surface area contributed by atoms with Crippen LogP contribution in [0.4, 0.5) is 0 Å². The Kier molecular flexibility index (Phi) is 23.2. The van der Waals surface area contributed by atoms with Crippen molar-refractivity contribution in [2.24, 2.45) is 0 Å². The van der Waals surface area contributed by atoms with Crippen molar-refractivity contribution in [1.82, 2.24) is 0 Å². The highest BCUT2D eigenvalue weighted by Crippen LogP contribution is 2.20. The zero-order chi connectivity index (χ0) is 33.7. The maximum atomic E-state index is 5.78. The van der Waals surface area contributed by atoms with Crippen LogP contribution in [0.15, 0.2) is 91.0 Å². The van der Waals surface area contributed by atoms with E-state index in [1.807, 2.05) is 91.0 Å². The molecule has 0 unspecified atom stereocenters. The highest BCUT2D eigenvalue weighted by atomic mass is 16.7. The van der Waals surface area contributed by atoms with Gasteiger partial charge < -0.3 is 18.4 Å². The van der Waals surface area contributed by atoms with Gasteiger partial charge in [0.25, 0.3) is 0 Å². The number of rotatable bonds is 26. The van der Waals surface area contributed by atoms with Crippen molar-refractivity contribution in [3.05, 3.63) is 91.0 Å². The van der Waals surface area contributed by atoms with Gasteiger partial charge in [0.05, 0.1) is 26.2 Å². The molecule has 0 saturated carbocycles. The van der Waals surface area contributed by atoms with Gasteiger partial charge in [0.15, 0.2) is 0 Å². The normalized spacial score (nSPS) is 11.0. The summed E-state index contributed by atoms with van der Waals surface area (Å²) in [6.45, 7) is 15.2. The van der Waals surface area contributed by atoms with Gasteiger partial charge in [-0.3, -0.25) is 0 Å². The van der Waals surface area contributed by atoms with Crippen LogP contribution < -0.4 is 14.0 Å². The third-order valence-electron chi connectivity index (χ3n) is 8.87. The Morgan fingerprint density at radius 3 is 0.851 bits per heavy atom. The lowest BCUT2D eigenvalue weighted by Gasteiger charge is -2.39. The molecular formula is C42H67BNO3+. The molecule has 3 rings (SSSR count). The summed E-state index contributed by atoms with van der Waals surface area (Å²) in [5.74, 6) is 2.04. The van der Waals surface area contributed by atoms with Crippen LogP contribution in [0.3, 0.4) is 0 Å². The number of nitrogens with zero attached hydrogens (tertiary/aromatic N) is 1. The van der Waals surface area contributed by atoms with Gasteiger partial charge >= 0.3 is 7.32 Å². The summed E-state index contributed by atoms with van der Waals surface area (Å²) in [6, 6.07) is 28.3. The van der Waals surface area contributed by atoms with Gasteiger partial charge in [-0.05, 0) is 87.8 Å². The Labute approximate surface area is 290 Å². The average molecular weight is 645 g/mol. The highest BCUT2D eigenvalue weighted by molar-refractivity contribution is 6.39. The summed E-state index contributed by atoms with van der Waals surface area (Å²) in [4.78, 5) is 0. The smallest absolute Gasteiger partial charge is 0.490 e. The average Bonchev–Trinajstić information content (AvgIpc) is 3.10. The zero-order valence-corrected chi connectivity index (χ0v) is 30.6. The van der Waals surface area contributed by atoms with E-state index in [1.165, 1.54) is 133 Å². The molecule has 3 aromatic carbocycles. The molecule has 0 fully saturated rings. The zero-order valence-electron chi connectivity index (χ0n) is 30.6. The van der Waals surface area contributed by atoms with Crippen LogP contribution in [-0.4, -0.2) is 38.0 Å². The summed E-state index contributed by atoms with van der Waals surface area (Å²) < 4.78 is 18.8. The monoisotopic (exact) mass is 645 g/mol. The van der Waals surface area contributed by atoms with E-state index in [0.29, 0.717) is 17.2 Å². The van der Waals surface area contributed by atoms with Gasteiger partial charge in [0.2, 0.25) is 0 Å². The van der Waals surface area contributed by atoms with E-state index in [9.17, 15) is 0 Å². The molecule has 0 heterocycles. The molecule has 0 atom stereocenters. The van der Waals surface area contributed by atoms with E-state index in [0.717, 1.165) is 0 Å². The maximum absolute atomic E-state index is 5.78. The van der Waals surface area contributed by atoms with Crippen molar-refractivity contribution in [2.45, 2.75) is 130 Å². The van der Waals surface area contributed by atoms with E-state index in [2.05, 4.69) is 27.7 Å². The molecule has 0 aliphatic rings. The lowest BCUT2D eigenvalue weighted by Crippen LogP contribution is -2.50. The van der Waals surface area contributed by atoms with E-state index in [4.69, 9.17) is 14.0 Å². The Bertz CT molecular complexity index is 931. The molecule has 0 radical (unpaired) electrons. The minimum atomic E-state index is -0.868. The van der Waals surface area contributed by atoms with Crippen LogP contribution in [-0.2, 0) is 0 Å². The molecule has 3 aromatic rings. The minimum Gasteiger partial charge on any atom is -0.490 e. The van der Waals surface area contributed by atoms with Crippen molar-refractivity contribution in [1.29, 1.82) is 0 Å². The first-order valence-electron chi connectivity index (χ1n) is 19.1. The molecule has 0 aliphatic heterocycles. The molecule has 0 aliphatic carbocycles. The Balaban J connectivity index is 0.000000328. The van der Waals surface area contributed by atoms with Crippen LogP contribution >= 0.6 is 0 Å². The van der Waals surface area contributed by atoms with Crippen LogP contribution in [0, 0.1) is 0 Å². The first kappa shape index (κ1) is 40.3. The molecule has 47 heavy (non-hydrogen) atoms. The summed E-state index contributed by atoms with van der Waals surface area (Å²) in [6.07, 6.45) is 22.8. The predicted octanol–water partition coefficient (Wildman–Crippen LogP) is 12.3. The van der Waals surface area contributed by atoms with Gasteiger partial charge in [0.1, 0.15) is 17.2 Å². The molecule has 0 spiro atoms. The summed E-state index contributed by atoms with van der Waals surface area (Å²) in [7, 11) is -0.868. The van der Waals surface area contributed by atoms with Crippen LogP contribution in [0.1, 0.15) is 130 Å². The van der Waals surface area contributed by atoms with Gasteiger partial charge in [0, 0.05) is 0 Å². The number of unbranched alkanes of at least 4 members (excludes halogenated alkanes) is 12. The second-order valence-corrected chi connectivity index (χ2v) is 13.1. The van der Waals surface area contributed by atoms with Gasteiger partial charge in [-0.25, -0.2) is 0 Å². The summed E-state index contributed by atoms with van der Waals surface area (Å²) in [5.41, 5.74) is 0. The molecule has 0 bridgehead atoms. The number of para-hydroxylation sites is 3. The molecule has 5 heteroatoms. The van der Waals surface area contributed by atoms with Gasteiger partial charge in [-0.2, -0.15) is 0 Å². The Morgan fingerprint density at radius 1 is 0.362 bits per heavy atom. The summed E-state index contributed by atoms with van der Waals surface area (Å²) in [5, 5.41) is 0. The van der Waals surface area contributed by atoms with E-state index in [-0.39, 0.29) is 0 Å². The second kappa shape index (κ2) is 27.1. The molecule has 4 nitrogen and oxygen atoms in total. The minimum absolute atomic E-state index is 0.680. The molecule has 260 valence electrons. The van der Waals surface area contributed by atoms with Crippen LogP contribution in [0.2, 0.25) is 0 Å². The van der Waals surface area contributed by atoms with Crippen LogP contribution in [0.5, 0.6) is 17.2 Å². The maximum Gasteiger partial charge on any atom is 0.864 e. The van der Waals surface area contributed by atoms with Crippen LogP contribution in [0.25, 0.3) is 0 Å². The fraction of sp³-hybridized carbons (Fsp3) is 0.571. The fourth-order valence-corrected chi connectivity index (χ4v) is 6.07. The third kappa shape index (κ3) is 19.5. The molecular weight excluding hydrogens is 577 g/mol. The molecule has 0 amide bonds. The van der Waals surface area contributed by atoms with Crippen molar-refractivity contribution in [2.75, 3.05) is 26.2 Å². The number of benzene rings is 3. The first-order valence-corrected chi connectivity index (χ1v) is 19.1. The first-order chi connectivity index (χ1) is 23.1. The van der Waals surface area contributed by atoms with Crippen molar-refractivity contribution in [3.63, 3.8) is 0 Å². The van der Waals surface area contributed by atoms with Gasteiger partial charge in [-0.15, -0.1) is 0 Å². The van der Waals surface area contributed by atoms with E-state index < -0.39 is 7.32 Å². The number of hydrogen-bond donors (Lipinski definition) is 0. The van der Waals surface area contributed by atoms with E-state index >= 15 is 0 Å². The topological polar surface area (TPSA) is 27.7 Å². The number of quaternary nitrogens is 1. The Morgan fingerprint density at radius 2 is 0.617 bits per heavy atom.